The molecule has 2 aliphatic rings. The predicted octanol–water partition coefficient (Wildman–Crippen LogP) is 5.35. The van der Waals surface area contributed by atoms with Crippen molar-refractivity contribution in [1.29, 1.82) is 0 Å². The van der Waals surface area contributed by atoms with E-state index in [2.05, 4.69) is 26.9 Å². The number of hydrogen-bond donors (Lipinski definition) is 0. The second-order valence-corrected chi connectivity index (χ2v) is 12.3. The first kappa shape index (κ1) is 28.6. The minimum Gasteiger partial charge on any atom is -0.369 e. The maximum Gasteiger partial charge on any atom is 0.493 e. The van der Waals surface area contributed by atoms with Gasteiger partial charge in [-0.3, -0.25) is 4.90 Å². The summed E-state index contributed by atoms with van der Waals surface area (Å²) in [5, 5.41) is 0.879. The smallest absolute Gasteiger partial charge is 0.369 e. The van der Waals surface area contributed by atoms with Gasteiger partial charge in [-0.05, 0) is 36.5 Å². The number of alkyl halides is 3. The monoisotopic (exact) mass is 618 g/mol. The molecule has 1 aliphatic carbocycles. The van der Waals surface area contributed by atoms with E-state index in [0.717, 1.165) is 60.2 Å². The van der Waals surface area contributed by atoms with E-state index >= 15 is 4.39 Å². The molecule has 0 radical (unpaired) electrons. The molecule has 0 N–H and O–H groups in total. The van der Waals surface area contributed by atoms with E-state index in [1.54, 1.807) is 11.9 Å². The predicted molar refractivity (Wildman–Crippen MR) is 141 cm³/mol. The molecular formula is C25H23ClF4N4O4S2. The van der Waals surface area contributed by atoms with Crippen molar-refractivity contribution < 1.29 is 35.6 Å². The number of halogens is 5. The largest absolute Gasteiger partial charge is 0.493 e. The van der Waals surface area contributed by atoms with Gasteiger partial charge in [0.15, 0.2) is 5.82 Å². The van der Waals surface area contributed by atoms with Gasteiger partial charge in [-0.25, -0.2) is 14.2 Å². The Labute approximate surface area is 236 Å². The summed E-state index contributed by atoms with van der Waals surface area (Å²) in [7, 11) is -3.47. The zero-order valence-electron chi connectivity index (χ0n) is 20.9. The molecule has 15 heteroatoms. The van der Waals surface area contributed by atoms with Crippen LogP contribution >= 0.6 is 22.9 Å². The van der Waals surface area contributed by atoms with E-state index in [0.29, 0.717) is 6.54 Å². The molecule has 0 saturated carbocycles. The number of fused-ring (bicyclic) bond motifs is 1. The lowest BCUT2D eigenvalue weighted by molar-refractivity contribution is -0.199. The topological polar surface area (TPSA) is 83.1 Å². The minimum absolute atomic E-state index is 0.0497. The van der Waals surface area contributed by atoms with Crippen molar-refractivity contribution in [2.75, 3.05) is 29.5 Å². The van der Waals surface area contributed by atoms with Gasteiger partial charge in [-0.1, -0.05) is 40.3 Å². The van der Waals surface area contributed by atoms with Crippen LogP contribution in [0.5, 0.6) is 0 Å². The lowest BCUT2D eigenvalue weighted by Crippen LogP contribution is -2.39. The first-order chi connectivity index (χ1) is 18.9. The molecule has 1 aliphatic heterocycles. The number of benzene rings is 2. The quantitative estimate of drug-likeness (QED) is 0.261. The number of rotatable bonds is 7. The first-order valence-corrected chi connectivity index (χ1v) is 14.9. The Morgan fingerprint density at radius 2 is 1.98 bits per heavy atom. The Balaban J connectivity index is 1.38. The summed E-state index contributed by atoms with van der Waals surface area (Å²) in [4.78, 5) is 22.3. The van der Waals surface area contributed by atoms with Gasteiger partial charge in [-0.15, -0.1) is 11.3 Å². The van der Waals surface area contributed by atoms with Gasteiger partial charge in [-0.2, -0.15) is 21.6 Å². The van der Waals surface area contributed by atoms with Crippen LogP contribution in [0.25, 0.3) is 0 Å². The second kappa shape index (κ2) is 10.8. The molecular weight excluding hydrogens is 596 g/mol. The molecule has 3 aromatic rings. The van der Waals surface area contributed by atoms with Crippen molar-refractivity contribution in [1.82, 2.24) is 9.88 Å². The molecule has 5 rings (SSSR count). The Morgan fingerprint density at radius 1 is 1.23 bits per heavy atom. The van der Waals surface area contributed by atoms with Gasteiger partial charge >= 0.3 is 12.1 Å². The summed E-state index contributed by atoms with van der Waals surface area (Å²) in [5.41, 5.74) is 3.96. The number of likely N-dealkylation sites (tertiary alicyclic amines) is 1. The van der Waals surface area contributed by atoms with Gasteiger partial charge in [0.05, 0.1) is 16.2 Å². The summed E-state index contributed by atoms with van der Waals surface area (Å²) in [6.45, 7) is 1.49. The van der Waals surface area contributed by atoms with Crippen LogP contribution in [-0.4, -0.2) is 56.6 Å². The third-order valence-electron chi connectivity index (χ3n) is 7.17. The van der Waals surface area contributed by atoms with Gasteiger partial charge in [0.25, 0.3) is 10.0 Å². The van der Waals surface area contributed by atoms with Gasteiger partial charge in [0.1, 0.15) is 10.7 Å². The van der Waals surface area contributed by atoms with E-state index in [9.17, 15) is 26.4 Å². The zero-order valence-corrected chi connectivity index (χ0v) is 23.3. The number of hydrogen-bond acceptors (Lipinski definition) is 8. The van der Waals surface area contributed by atoms with E-state index in [-0.39, 0.29) is 27.3 Å². The summed E-state index contributed by atoms with van der Waals surface area (Å²) >= 11 is 7.24. The fourth-order valence-electron chi connectivity index (χ4n) is 5.20. The van der Waals surface area contributed by atoms with E-state index in [4.69, 9.17) is 11.6 Å². The van der Waals surface area contributed by atoms with Crippen LogP contribution in [-0.2, 0) is 26.1 Å². The average molecular weight is 619 g/mol. The highest BCUT2D eigenvalue weighted by Crippen LogP contribution is 2.40. The van der Waals surface area contributed by atoms with Crippen molar-refractivity contribution in [2.45, 2.75) is 42.4 Å². The van der Waals surface area contributed by atoms with Crippen LogP contribution in [0.2, 0.25) is 5.02 Å². The maximum absolute atomic E-state index is 15.4. The normalized spacial score (nSPS) is 19.4. The zero-order chi connectivity index (χ0) is 28.8. The average Bonchev–Trinajstić information content (AvgIpc) is 3.67. The van der Waals surface area contributed by atoms with Crippen LogP contribution in [0, 0.1) is 5.82 Å². The van der Waals surface area contributed by atoms with Gasteiger partial charge in [0.2, 0.25) is 0 Å². The van der Waals surface area contributed by atoms with Crippen LogP contribution in [0.4, 0.5) is 29.1 Å². The van der Waals surface area contributed by atoms with E-state index in [1.807, 2.05) is 12.1 Å². The van der Waals surface area contributed by atoms with Crippen LogP contribution in [0.1, 0.15) is 30.0 Å². The molecule has 1 saturated heterocycles. The van der Waals surface area contributed by atoms with Gasteiger partial charge in [0, 0.05) is 43.7 Å². The fourth-order valence-corrected chi connectivity index (χ4v) is 7.39. The maximum atomic E-state index is 15.4. The number of likely N-dealkylation sites (N-methyl/N-ethyl adjacent to an activating group) is 1. The number of aryl methyl sites for hydroxylation is 1. The Bertz CT molecular complexity index is 1520. The highest BCUT2D eigenvalue weighted by Gasteiger charge is 2.46. The van der Waals surface area contributed by atoms with Crippen molar-refractivity contribution in [3.8, 4) is 0 Å². The van der Waals surface area contributed by atoms with E-state index < -0.39 is 38.7 Å². The second-order valence-electron chi connectivity index (χ2n) is 9.49. The Kier molecular flexibility index (Phi) is 7.72. The lowest BCUT2D eigenvalue weighted by atomic mass is 10.1. The molecule has 0 amide bonds. The summed E-state index contributed by atoms with van der Waals surface area (Å²) < 4.78 is 80.0. The molecule has 2 atom stereocenters. The van der Waals surface area contributed by atoms with Crippen molar-refractivity contribution in [3.63, 3.8) is 0 Å². The molecule has 1 fully saturated rings. The first-order valence-electron chi connectivity index (χ1n) is 12.1. The molecule has 0 bridgehead atoms. The third kappa shape index (κ3) is 5.37. The molecule has 2 heterocycles. The van der Waals surface area contributed by atoms with E-state index in [1.165, 1.54) is 11.1 Å². The highest BCUT2D eigenvalue weighted by molar-refractivity contribution is 7.92. The van der Waals surface area contributed by atoms with Crippen molar-refractivity contribution in [2.24, 2.45) is 0 Å². The molecule has 40 heavy (non-hydrogen) atoms. The molecule has 0 spiro atoms. The summed E-state index contributed by atoms with van der Waals surface area (Å²) in [6, 6.07) is 10.2. The third-order valence-corrected chi connectivity index (χ3v) is 9.61. The van der Waals surface area contributed by atoms with Gasteiger partial charge < -0.3 is 9.74 Å². The number of aromatic nitrogens is 1. The fraction of sp³-hybridized carbons (Fsp3) is 0.360. The highest BCUT2D eigenvalue weighted by atomic mass is 35.5. The molecule has 2 aromatic carbocycles. The van der Waals surface area contributed by atoms with Crippen LogP contribution < -0.4 is 9.37 Å². The Morgan fingerprint density at radius 3 is 2.67 bits per heavy atom. The number of nitrogens with zero attached hydrogens (tertiary/aromatic N) is 4. The SMILES string of the molecule is CN(c1cc(F)c(S(=O)(=O)N(OC(=O)C(F)(F)F)c2cscn2)cc1Cl)[C@H]1CCN([C@@H]2CCc3ccccc32)C1. The molecule has 214 valence electrons. The number of carbonyl (C=O) groups is 1. The molecule has 0 unspecified atom stereocenters. The minimum atomic E-state index is -5.51. The lowest BCUT2D eigenvalue weighted by Gasteiger charge is -2.30. The molecule has 1 aromatic heterocycles. The van der Waals surface area contributed by atoms with Crippen LogP contribution in [0.3, 0.4) is 0 Å². The number of thiazole rings is 1. The number of carbonyl (C=O) groups excluding carboxylic acids is 1. The standard InChI is InChI=1S/C25H23ClF4N4O4S2/c1-32(16-8-9-33(12-16)20-7-6-15-4-2-3-5-17(15)20)21-11-19(27)22(10-18(21)26)40(36,37)34(23-13-39-14-31-23)38-24(35)25(28,29)30/h2-5,10-11,13-14,16,20H,6-9,12H2,1H3/t16-,20+/m0/s1. The number of anilines is 2. The number of sulfonamides is 1. The molecule has 8 nitrogen and oxygen atoms in total. The Hall–Kier alpha value is -2.94. The summed E-state index contributed by atoms with van der Waals surface area (Å²) in [5.74, 6) is -4.75. The van der Waals surface area contributed by atoms with Crippen molar-refractivity contribution >= 4 is 50.4 Å². The van der Waals surface area contributed by atoms with Crippen LogP contribution in [0.15, 0.2) is 52.2 Å². The summed E-state index contributed by atoms with van der Waals surface area (Å²) in [6.07, 6.45) is -2.74. The van der Waals surface area contributed by atoms with Crippen molar-refractivity contribution in [3.05, 3.63) is 69.3 Å².